The lowest BCUT2D eigenvalue weighted by molar-refractivity contribution is -0.151. The smallest absolute Gasteiger partial charge is 0.306 e. The highest BCUT2D eigenvalue weighted by molar-refractivity contribution is 5.77. The highest BCUT2D eigenvalue weighted by Crippen LogP contribution is 2.16. The lowest BCUT2D eigenvalue weighted by Gasteiger charge is -2.24. The summed E-state index contributed by atoms with van der Waals surface area (Å²) in [5, 5.41) is 23.6. The van der Waals surface area contributed by atoms with Gasteiger partial charge in [-0.05, 0) is 70.6 Å². The van der Waals surface area contributed by atoms with Crippen molar-refractivity contribution in [2.24, 2.45) is 0 Å². The summed E-state index contributed by atoms with van der Waals surface area (Å²) in [6.45, 7) is 6.44. The van der Waals surface area contributed by atoms with Crippen molar-refractivity contribution in [3.63, 3.8) is 0 Å². The van der Waals surface area contributed by atoms with Gasteiger partial charge in [0.1, 0.15) is 6.10 Å². The van der Waals surface area contributed by atoms with Gasteiger partial charge in [0.2, 0.25) is 5.91 Å². The highest BCUT2D eigenvalue weighted by atomic mass is 16.5. The molecule has 0 saturated carbocycles. The number of unbranched alkanes of at least 4 members (excludes halogenated alkanes) is 28. The number of hydrogen-bond donors (Lipinski definition) is 3. The van der Waals surface area contributed by atoms with E-state index in [2.05, 4.69) is 74.7 Å². The van der Waals surface area contributed by atoms with Crippen LogP contribution in [0.5, 0.6) is 0 Å². The van der Waals surface area contributed by atoms with Crippen molar-refractivity contribution in [2.45, 2.75) is 277 Å². The first kappa shape index (κ1) is 57.8. The van der Waals surface area contributed by atoms with Crippen LogP contribution in [0.1, 0.15) is 258 Å². The van der Waals surface area contributed by atoms with Gasteiger partial charge in [-0.15, -0.1) is 0 Å². The zero-order valence-electron chi connectivity index (χ0n) is 39.8. The minimum atomic E-state index is -0.800. The number of aliphatic hydroxyl groups excluding tert-OH is 2. The van der Waals surface area contributed by atoms with Crippen LogP contribution in [0, 0.1) is 0 Å². The van der Waals surface area contributed by atoms with Gasteiger partial charge in [-0.2, -0.15) is 0 Å². The van der Waals surface area contributed by atoms with Crippen LogP contribution >= 0.6 is 0 Å². The Morgan fingerprint density at radius 2 is 0.850 bits per heavy atom. The average molecular weight is 842 g/mol. The van der Waals surface area contributed by atoms with Crippen LogP contribution in [0.4, 0.5) is 0 Å². The number of carbonyl (C=O) groups is 2. The van der Waals surface area contributed by atoms with E-state index in [1.165, 1.54) is 135 Å². The Morgan fingerprint density at radius 1 is 0.483 bits per heavy atom. The molecule has 0 radical (unpaired) electrons. The molecule has 3 unspecified atom stereocenters. The molecule has 0 fully saturated rings. The van der Waals surface area contributed by atoms with Crippen molar-refractivity contribution in [2.75, 3.05) is 6.61 Å². The van der Waals surface area contributed by atoms with E-state index in [-0.39, 0.29) is 24.9 Å². The number of ether oxygens (including phenoxy) is 1. The van der Waals surface area contributed by atoms with Gasteiger partial charge in [0.25, 0.3) is 0 Å². The molecular weight excluding hydrogens is 743 g/mol. The second-order valence-electron chi connectivity index (χ2n) is 17.6. The van der Waals surface area contributed by atoms with E-state index >= 15 is 0 Å². The minimum absolute atomic E-state index is 0.0386. The molecule has 60 heavy (non-hydrogen) atoms. The lowest BCUT2D eigenvalue weighted by atomic mass is 10.0. The first-order chi connectivity index (χ1) is 29.5. The summed E-state index contributed by atoms with van der Waals surface area (Å²) in [6, 6.07) is -0.717. The molecule has 0 aromatic carbocycles. The SMILES string of the molecule is CCCCCCCCC/C=C/C=C/CCCCCCCC(=O)OC(CCC/C=C/C=C/CCCCCCCCC)CC(=O)NC(CO)C(O)CCCCCCCCCCC. The second kappa shape index (κ2) is 47.9. The van der Waals surface area contributed by atoms with Gasteiger partial charge in [-0.1, -0.05) is 223 Å². The van der Waals surface area contributed by atoms with Crippen molar-refractivity contribution in [1.82, 2.24) is 5.32 Å². The number of amides is 1. The molecule has 350 valence electrons. The highest BCUT2D eigenvalue weighted by Gasteiger charge is 2.24. The van der Waals surface area contributed by atoms with Crippen LogP contribution in [0.25, 0.3) is 0 Å². The average Bonchev–Trinajstić information content (AvgIpc) is 3.24. The Bertz CT molecular complexity index is 1040. The molecule has 0 aromatic rings. The van der Waals surface area contributed by atoms with Crippen LogP contribution in [-0.4, -0.2) is 46.9 Å². The standard InChI is InChI=1S/C54H99NO5/c1-4-7-10-13-16-19-21-23-25-26-27-28-30-32-35-38-41-44-47-54(59)60-50(45-42-39-36-34-31-29-24-22-20-17-14-11-8-5-2)48-53(58)55-51(49-56)52(57)46-43-40-37-33-18-15-12-9-6-3/h25-29,31,34,36,50-52,56-57H,4-24,30,32-33,35,37-49H2,1-3H3,(H,55,58)/b26-25+,28-27+,31-29+,36-34+. The monoisotopic (exact) mass is 842 g/mol. The third kappa shape index (κ3) is 42.5. The molecule has 3 N–H and O–H groups in total. The van der Waals surface area contributed by atoms with Crippen molar-refractivity contribution in [3.05, 3.63) is 48.6 Å². The summed E-state index contributed by atoms with van der Waals surface area (Å²) in [7, 11) is 0. The van der Waals surface area contributed by atoms with Crippen LogP contribution in [-0.2, 0) is 14.3 Å². The van der Waals surface area contributed by atoms with Gasteiger partial charge in [0.15, 0.2) is 0 Å². The predicted molar refractivity (Wildman–Crippen MR) is 259 cm³/mol. The topological polar surface area (TPSA) is 95.9 Å². The molecule has 6 nitrogen and oxygen atoms in total. The van der Waals surface area contributed by atoms with Crippen molar-refractivity contribution in [1.29, 1.82) is 0 Å². The Kier molecular flexibility index (Phi) is 46.1. The van der Waals surface area contributed by atoms with E-state index in [1.54, 1.807) is 0 Å². The summed E-state index contributed by atoms with van der Waals surface area (Å²) in [6.07, 6.45) is 57.5. The van der Waals surface area contributed by atoms with Crippen molar-refractivity contribution < 1.29 is 24.5 Å². The lowest BCUT2D eigenvalue weighted by Crippen LogP contribution is -2.46. The maximum absolute atomic E-state index is 13.2. The Hall–Kier alpha value is -2.18. The summed E-state index contributed by atoms with van der Waals surface area (Å²) >= 11 is 0. The van der Waals surface area contributed by atoms with Crippen LogP contribution in [0.2, 0.25) is 0 Å². The molecule has 1 amide bonds. The number of nitrogens with one attached hydrogen (secondary N) is 1. The van der Waals surface area contributed by atoms with E-state index in [9.17, 15) is 19.8 Å². The molecular formula is C54H99NO5. The Morgan fingerprint density at radius 3 is 1.27 bits per heavy atom. The first-order valence-corrected chi connectivity index (χ1v) is 25.9. The second-order valence-corrected chi connectivity index (χ2v) is 17.6. The number of allylic oxidation sites excluding steroid dienone is 8. The van der Waals surface area contributed by atoms with Gasteiger partial charge in [0, 0.05) is 6.42 Å². The van der Waals surface area contributed by atoms with Crippen LogP contribution in [0.15, 0.2) is 48.6 Å². The summed E-state index contributed by atoms with van der Waals surface area (Å²) in [5.74, 6) is -0.536. The fourth-order valence-electron chi connectivity index (χ4n) is 7.71. The number of hydrogen-bond acceptors (Lipinski definition) is 5. The number of carbonyl (C=O) groups excluding carboxylic acids is 2. The zero-order chi connectivity index (χ0) is 43.8. The van der Waals surface area contributed by atoms with E-state index < -0.39 is 18.2 Å². The molecule has 0 aliphatic carbocycles. The Labute approximate surface area is 372 Å². The number of rotatable bonds is 46. The molecule has 0 bridgehead atoms. The Balaban J connectivity index is 4.64. The predicted octanol–water partition coefficient (Wildman–Crippen LogP) is 15.5. The van der Waals surface area contributed by atoms with Crippen molar-refractivity contribution >= 4 is 11.9 Å². The van der Waals surface area contributed by atoms with Gasteiger partial charge in [-0.3, -0.25) is 9.59 Å². The minimum Gasteiger partial charge on any atom is -0.462 e. The molecule has 0 saturated heterocycles. The summed E-state index contributed by atoms with van der Waals surface area (Å²) < 4.78 is 5.90. The number of aliphatic hydroxyl groups is 2. The van der Waals surface area contributed by atoms with E-state index in [0.717, 1.165) is 77.0 Å². The fourth-order valence-corrected chi connectivity index (χ4v) is 7.71. The maximum atomic E-state index is 13.2. The summed E-state index contributed by atoms with van der Waals surface area (Å²) in [4.78, 5) is 26.1. The molecule has 0 aromatic heterocycles. The normalized spacial score (nSPS) is 13.6. The molecule has 0 rings (SSSR count). The summed E-state index contributed by atoms with van der Waals surface area (Å²) in [5.41, 5.74) is 0. The quantitative estimate of drug-likeness (QED) is 0.0322. The third-order valence-corrected chi connectivity index (χ3v) is 11.7. The van der Waals surface area contributed by atoms with E-state index in [4.69, 9.17) is 4.74 Å². The molecule has 0 aliphatic heterocycles. The molecule has 0 heterocycles. The molecule has 0 spiro atoms. The van der Waals surface area contributed by atoms with Crippen molar-refractivity contribution in [3.8, 4) is 0 Å². The molecule has 3 atom stereocenters. The largest absolute Gasteiger partial charge is 0.462 e. The van der Waals surface area contributed by atoms with Gasteiger partial charge >= 0.3 is 5.97 Å². The van der Waals surface area contributed by atoms with Gasteiger partial charge in [-0.25, -0.2) is 0 Å². The van der Waals surface area contributed by atoms with Gasteiger partial charge < -0.3 is 20.3 Å². The zero-order valence-corrected chi connectivity index (χ0v) is 39.8. The van der Waals surface area contributed by atoms with E-state index in [1.807, 2.05) is 0 Å². The molecule has 6 heteroatoms. The first-order valence-electron chi connectivity index (χ1n) is 25.9. The van der Waals surface area contributed by atoms with Gasteiger partial charge in [0.05, 0.1) is 25.2 Å². The molecule has 0 aliphatic rings. The van der Waals surface area contributed by atoms with Crippen LogP contribution in [0.3, 0.4) is 0 Å². The van der Waals surface area contributed by atoms with E-state index in [0.29, 0.717) is 19.3 Å². The maximum Gasteiger partial charge on any atom is 0.306 e. The third-order valence-electron chi connectivity index (χ3n) is 11.7. The fraction of sp³-hybridized carbons (Fsp3) is 0.815. The van der Waals surface area contributed by atoms with Crippen LogP contribution < -0.4 is 5.32 Å². The number of esters is 1.